The molecule has 0 spiro atoms. The van der Waals surface area contributed by atoms with Gasteiger partial charge in [-0.15, -0.1) is 0 Å². The summed E-state index contributed by atoms with van der Waals surface area (Å²) < 4.78 is 0. The summed E-state index contributed by atoms with van der Waals surface area (Å²) in [4.78, 5) is 0. The van der Waals surface area contributed by atoms with Crippen molar-refractivity contribution in [2.75, 3.05) is 0 Å². The van der Waals surface area contributed by atoms with Gasteiger partial charge in [-0.25, -0.2) is 0 Å². The second kappa shape index (κ2) is 8.04. The zero-order valence-electron chi connectivity index (χ0n) is 19.7. The molecule has 164 valence electrons. The lowest BCUT2D eigenvalue weighted by Crippen LogP contribution is -2.51. The Morgan fingerprint density at radius 3 is 2.52 bits per heavy atom. The average Bonchev–Trinajstić information content (AvgIpc) is 3.04. The number of nitrogens with zero attached hydrogens (tertiary/aromatic N) is 1. The molecule has 3 fully saturated rings. The zero-order chi connectivity index (χ0) is 20.8. The van der Waals surface area contributed by atoms with Crippen molar-refractivity contribution in [2.24, 2.45) is 51.5 Å². The summed E-state index contributed by atoms with van der Waals surface area (Å²) in [6.45, 7) is 12.5. The fourth-order valence-corrected chi connectivity index (χ4v) is 8.67. The van der Waals surface area contributed by atoms with Crippen LogP contribution < -0.4 is 0 Å². The average molecular weight is 400 g/mol. The molecule has 3 saturated carbocycles. The van der Waals surface area contributed by atoms with E-state index in [0.29, 0.717) is 10.8 Å². The first-order valence-electron chi connectivity index (χ1n) is 12.7. The number of hydrogen-bond donors (Lipinski definition) is 1. The van der Waals surface area contributed by atoms with Crippen LogP contribution >= 0.6 is 0 Å². The van der Waals surface area contributed by atoms with Crippen molar-refractivity contribution >= 4 is 5.71 Å². The maximum Gasteiger partial charge on any atom is 0.0795 e. The summed E-state index contributed by atoms with van der Waals surface area (Å²) in [6, 6.07) is 0. The predicted molar refractivity (Wildman–Crippen MR) is 122 cm³/mol. The van der Waals surface area contributed by atoms with Crippen LogP contribution in [0.3, 0.4) is 0 Å². The lowest BCUT2D eigenvalue weighted by atomic mass is 9.46. The third-order valence-electron chi connectivity index (χ3n) is 10.3. The topological polar surface area (TPSA) is 32.6 Å². The Morgan fingerprint density at radius 2 is 1.79 bits per heavy atom. The maximum atomic E-state index is 9.27. The highest BCUT2D eigenvalue weighted by Gasteiger charge is 2.59. The van der Waals surface area contributed by atoms with Gasteiger partial charge in [0, 0.05) is 0 Å². The summed E-state index contributed by atoms with van der Waals surface area (Å²) in [7, 11) is 0. The molecule has 0 aromatic carbocycles. The summed E-state index contributed by atoms with van der Waals surface area (Å²) in [5.41, 5.74) is 3.45. The van der Waals surface area contributed by atoms with Crippen LogP contribution in [0.1, 0.15) is 105 Å². The van der Waals surface area contributed by atoms with E-state index in [4.69, 9.17) is 0 Å². The van der Waals surface area contributed by atoms with Gasteiger partial charge in [-0.05, 0) is 104 Å². The van der Waals surface area contributed by atoms with Crippen molar-refractivity contribution in [3.63, 3.8) is 0 Å². The molecular weight excluding hydrogens is 354 g/mol. The molecule has 0 saturated heterocycles. The lowest BCUT2D eigenvalue weighted by Gasteiger charge is -2.58. The molecule has 0 aliphatic heterocycles. The maximum absolute atomic E-state index is 9.27. The second-order valence-corrected chi connectivity index (χ2v) is 12.1. The number of allylic oxidation sites excluding steroid dienone is 2. The standard InChI is InChI=1S/C27H45NO/c1-18(2)7-6-8-19(3)23-11-12-24-22-10-9-20-17-21(28-29)13-15-26(20,4)25(22)14-16-27(23,24)5/h17-19,22-25,29H,6-16H2,1-5H3/b28-21+/t19?,22-,23+,24-,25-,26-,27+/m0/s1. The van der Waals surface area contributed by atoms with E-state index in [-0.39, 0.29) is 0 Å². The van der Waals surface area contributed by atoms with Crippen molar-refractivity contribution in [3.05, 3.63) is 11.6 Å². The van der Waals surface area contributed by atoms with E-state index in [9.17, 15) is 5.21 Å². The van der Waals surface area contributed by atoms with E-state index < -0.39 is 0 Å². The first kappa shape index (κ1) is 21.4. The minimum atomic E-state index is 0.361. The Bertz CT molecular complexity index is 663. The molecule has 2 heteroatoms. The highest BCUT2D eigenvalue weighted by atomic mass is 16.4. The third-order valence-corrected chi connectivity index (χ3v) is 10.3. The van der Waals surface area contributed by atoms with E-state index in [0.717, 1.165) is 47.6 Å². The van der Waals surface area contributed by atoms with Gasteiger partial charge >= 0.3 is 0 Å². The smallest absolute Gasteiger partial charge is 0.0795 e. The molecule has 0 amide bonds. The highest BCUT2D eigenvalue weighted by molar-refractivity contribution is 5.96. The molecule has 0 aromatic heterocycles. The molecule has 0 radical (unpaired) electrons. The number of rotatable bonds is 5. The molecule has 0 heterocycles. The lowest BCUT2D eigenvalue weighted by molar-refractivity contribution is -0.0574. The molecule has 0 aromatic rings. The van der Waals surface area contributed by atoms with Crippen molar-refractivity contribution in [1.82, 2.24) is 0 Å². The molecule has 4 aliphatic carbocycles. The Morgan fingerprint density at radius 1 is 1.00 bits per heavy atom. The third kappa shape index (κ3) is 3.61. The summed E-state index contributed by atoms with van der Waals surface area (Å²) >= 11 is 0. The Kier molecular flexibility index (Phi) is 5.95. The number of fused-ring (bicyclic) bond motifs is 5. The van der Waals surface area contributed by atoms with Crippen LogP contribution in [0.5, 0.6) is 0 Å². The Labute approximate surface area is 179 Å². The Balaban J connectivity index is 1.49. The zero-order valence-corrected chi connectivity index (χ0v) is 19.7. The largest absolute Gasteiger partial charge is 0.411 e. The normalized spacial score (nSPS) is 44.2. The van der Waals surface area contributed by atoms with Crippen LogP contribution in [0.4, 0.5) is 0 Å². The molecule has 4 aliphatic rings. The summed E-state index contributed by atoms with van der Waals surface area (Å²) in [5.74, 6) is 5.43. The van der Waals surface area contributed by atoms with Gasteiger partial charge in [-0.1, -0.05) is 64.6 Å². The van der Waals surface area contributed by atoms with Gasteiger partial charge in [0.25, 0.3) is 0 Å². The van der Waals surface area contributed by atoms with Crippen LogP contribution in [-0.4, -0.2) is 10.9 Å². The molecule has 1 unspecified atom stereocenters. The van der Waals surface area contributed by atoms with Gasteiger partial charge in [-0.3, -0.25) is 0 Å². The molecular formula is C27H45NO. The predicted octanol–water partition coefficient (Wildman–Crippen LogP) is 7.86. The van der Waals surface area contributed by atoms with Gasteiger partial charge in [0.1, 0.15) is 0 Å². The molecule has 29 heavy (non-hydrogen) atoms. The quantitative estimate of drug-likeness (QED) is 0.370. The van der Waals surface area contributed by atoms with Gasteiger partial charge in [0.05, 0.1) is 5.71 Å². The number of hydrogen-bond acceptors (Lipinski definition) is 2. The fourth-order valence-electron chi connectivity index (χ4n) is 8.67. The SMILES string of the molecule is CC(C)CCCC(C)[C@H]1CC[C@H]2[C@@H]3CCC4=C/C(=N/O)CC[C@]4(C)[C@H]3CC[C@]12C. The summed E-state index contributed by atoms with van der Waals surface area (Å²) in [5, 5.41) is 12.8. The first-order valence-corrected chi connectivity index (χ1v) is 12.7. The molecule has 4 rings (SSSR count). The van der Waals surface area contributed by atoms with Gasteiger partial charge in [-0.2, -0.15) is 0 Å². The van der Waals surface area contributed by atoms with Crippen LogP contribution in [0.2, 0.25) is 0 Å². The molecule has 0 bridgehead atoms. The van der Waals surface area contributed by atoms with Crippen LogP contribution in [-0.2, 0) is 0 Å². The first-order chi connectivity index (χ1) is 13.8. The number of oxime groups is 1. The van der Waals surface area contributed by atoms with Crippen molar-refractivity contribution in [2.45, 2.75) is 105 Å². The molecule has 7 atom stereocenters. The van der Waals surface area contributed by atoms with Gasteiger partial charge in [0.2, 0.25) is 0 Å². The van der Waals surface area contributed by atoms with Gasteiger partial charge < -0.3 is 5.21 Å². The summed E-state index contributed by atoms with van der Waals surface area (Å²) in [6.07, 6.45) is 17.1. The second-order valence-electron chi connectivity index (χ2n) is 12.1. The molecule has 2 nitrogen and oxygen atoms in total. The fraction of sp³-hybridized carbons (Fsp3) is 0.889. The van der Waals surface area contributed by atoms with Crippen LogP contribution in [0, 0.1) is 46.3 Å². The Hall–Kier alpha value is -0.790. The van der Waals surface area contributed by atoms with E-state index >= 15 is 0 Å². The minimum Gasteiger partial charge on any atom is -0.411 e. The highest BCUT2D eigenvalue weighted by Crippen LogP contribution is 2.67. The van der Waals surface area contributed by atoms with Crippen LogP contribution in [0.15, 0.2) is 16.8 Å². The van der Waals surface area contributed by atoms with Crippen molar-refractivity contribution < 1.29 is 5.21 Å². The van der Waals surface area contributed by atoms with E-state index in [1.165, 1.54) is 64.2 Å². The van der Waals surface area contributed by atoms with E-state index in [2.05, 4.69) is 45.9 Å². The van der Waals surface area contributed by atoms with Crippen LogP contribution in [0.25, 0.3) is 0 Å². The molecule has 1 N–H and O–H groups in total. The van der Waals surface area contributed by atoms with Gasteiger partial charge in [0.15, 0.2) is 0 Å². The monoisotopic (exact) mass is 399 g/mol. The van der Waals surface area contributed by atoms with E-state index in [1.54, 1.807) is 5.57 Å². The van der Waals surface area contributed by atoms with Crippen molar-refractivity contribution in [3.8, 4) is 0 Å². The van der Waals surface area contributed by atoms with E-state index in [1.807, 2.05) is 0 Å². The van der Waals surface area contributed by atoms with Crippen molar-refractivity contribution in [1.29, 1.82) is 0 Å². The minimum absolute atomic E-state index is 0.361.